The number of fused-ring (bicyclic) bond motifs is 1. The van der Waals surface area contributed by atoms with Gasteiger partial charge >= 0.3 is 0 Å². The van der Waals surface area contributed by atoms with E-state index in [2.05, 4.69) is 10.2 Å². The first-order valence-electron chi connectivity index (χ1n) is 7.75. The van der Waals surface area contributed by atoms with Gasteiger partial charge in [-0.05, 0) is 37.5 Å². The zero-order valence-corrected chi connectivity index (χ0v) is 14.7. The molecule has 23 heavy (non-hydrogen) atoms. The number of ether oxygens (including phenoxy) is 2. The molecular formula is C16H20N2O3S2. The van der Waals surface area contributed by atoms with Crippen molar-refractivity contribution in [2.45, 2.75) is 31.6 Å². The summed E-state index contributed by atoms with van der Waals surface area (Å²) in [5, 5.41) is 2.75. The minimum Gasteiger partial charge on any atom is -0.454 e. The average molecular weight is 352 g/mol. The standard InChI is InChI=1S/C16H20N2O3S2/c1-11(23-16(22)18-6-2-3-7-18)15(19)17-9-12-4-5-13-14(8-12)21-10-20-13/h4-5,8,11H,2-3,6-7,9-10H2,1H3,(H,17,19)/t11-/m0/s1. The van der Waals surface area contributed by atoms with Crippen LogP contribution in [0.5, 0.6) is 11.5 Å². The first-order chi connectivity index (χ1) is 11.1. The monoisotopic (exact) mass is 352 g/mol. The lowest BCUT2D eigenvalue weighted by Crippen LogP contribution is -2.33. The zero-order chi connectivity index (χ0) is 16.2. The van der Waals surface area contributed by atoms with Crippen molar-refractivity contribution in [2.75, 3.05) is 19.9 Å². The van der Waals surface area contributed by atoms with Crippen molar-refractivity contribution in [1.29, 1.82) is 0 Å². The lowest BCUT2D eigenvalue weighted by molar-refractivity contribution is -0.120. The van der Waals surface area contributed by atoms with E-state index in [1.165, 1.54) is 24.6 Å². The van der Waals surface area contributed by atoms with Crippen LogP contribution in [0.3, 0.4) is 0 Å². The van der Waals surface area contributed by atoms with E-state index in [-0.39, 0.29) is 18.0 Å². The Bertz CT molecular complexity index is 603. The van der Waals surface area contributed by atoms with Gasteiger partial charge in [0.25, 0.3) is 0 Å². The Morgan fingerprint density at radius 2 is 2.09 bits per heavy atom. The Kier molecular flexibility index (Phi) is 5.27. The molecule has 1 aromatic carbocycles. The summed E-state index contributed by atoms with van der Waals surface area (Å²) in [6, 6.07) is 5.69. The van der Waals surface area contributed by atoms with Crippen LogP contribution in [-0.2, 0) is 11.3 Å². The number of amides is 1. The lowest BCUT2D eigenvalue weighted by Gasteiger charge is -2.20. The summed E-state index contributed by atoms with van der Waals surface area (Å²) in [4.78, 5) is 14.4. The van der Waals surface area contributed by atoms with Crippen molar-refractivity contribution < 1.29 is 14.3 Å². The summed E-state index contributed by atoms with van der Waals surface area (Å²) in [5.74, 6) is 1.48. The molecule has 0 bridgehead atoms. The number of likely N-dealkylation sites (tertiary alicyclic amines) is 1. The van der Waals surface area contributed by atoms with E-state index < -0.39 is 0 Å². The van der Waals surface area contributed by atoms with Crippen molar-refractivity contribution in [3.05, 3.63) is 23.8 Å². The number of hydrogen-bond donors (Lipinski definition) is 1. The Labute approximate surface area is 145 Å². The smallest absolute Gasteiger partial charge is 0.233 e. The highest BCUT2D eigenvalue weighted by molar-refractivity contribution is 8.23. The number of thiocarbonyl (C=S) groups is 1. The molecule has 0 saturated carbocycles. The van der Waals surface area contributed by atoms with Crippen LogP contribution in [0.15, 0.2) is 18.2 Å². The maximum atomic E-state index is 12.2. The highest BCUT2D eigenvalue weighted by Gasteiger charge is 2.21. The molecule has 2 aliphatic heterocycles. The molecule has 1 atom stereocenters. The van der Waals surface area contributed by atoms with Crippen LogP contribution in [0.1, 0.15) is 25.3 Å². The van der Waals surface area contributed by atoms with Crippen molar-refractivity contribution in [3.8, 4) is 11.5 Å². The molecule has 5 nitrogen and oxygen atoms in total. The molecule has 1 N–H and O–H groups in total. The van der Waals surface area contributed by atoms with Crippen LogP contribution in [0, 0.1) is 0 Å². The van der Waals surface area contributed by atoms with Crippen LogP contribution in [0.4, 0.5) is 0 Å². The number of nitrogens with one attached hydrogen (secondary N) is 1. The van der Waals surface area contributed by atoms with E-state index in [1.54, 1.807) is 0 Å². The number of nitrogens with zero attached hydrogens (tertiary/aromatic N) is 1. The van der Waals surface area contributed by atoms with Gasteiger partial charge in [0.15, 0.2) is 11.5 Å². The van der Waals surface area contributed by atoms with Gasteiger partial charge in [0, 0.05) is 19.6 Å². The van der Waals surface area contributed by atoms with E-state index in [0.29, 0.717) is 6.54 Å². The quantitative estimate of drug-likeness (QED) is 0.841. The van der Waals surface area contributed by atoms with Gasteiger partial charge in [-0.1, -0.05) is 30.0 Å². The van der Waals surface area contributed by atoms with Crippen molar-refractivity contribution in [1.82, 2.24) is 10.2 Å². The number of benzene rings is 1. The van der Waals surface area contributed by atoms with Crippen LogP contribution >= 0.6 is 24.0 Å². The number of carbonyl (C=O) groups is 1. The molecule has 3 rings (SSSR count). The molecule has 1 aromatic rings. The first kappa shape index (κ1) is 16.4. The SMILES string of the molecule is C[C@H](SC(=S)N1CCCC1)C(=O)NCc1ccc2c(c1)OCO2. The molecule has 1 fully saturated rings. The summed E-state index contributed by atoms with van der Waals surface area (Å²) in [6.07, 6.45) is 2.37. The van der Waals surface area contributed by atoms with Crippen molar-refractivity contribution in [2.24, 2.45) is 0 Å². The molecule has 7 heteroatoms. The molecule has 2 aliphatic rings. The summed E-state index contributed by atoms with van der Waals surface area (Å²) in [5.41, 5.74) is 0.988. The van der Waals surface area contributed by atoms with Gasteiger partial charge in [0.05, 0.1) is 5.25 Å². The molecule has 1 saturated heterocycles. The molecule has 2 heterocycles. The molecule has 0 spiro atoms. The Morgan fingerprint density at radius 3 is 2.87 bits per heavy atom. The van der Waals surface area contributed by atoms with Crippen LogP contribution in [0.25, 0.3) is 0 Å². The third-order valence-electron chi connectivity index (χ3n) is 3.91. The Hall–Kier alpha value is -1.47. The third-order valence-corrected chi connectivity index (χ3v) is 5.49. The average Bonchev–Trinajstić information content (AvgIpc) is 3.22. The zero-order valence-electron chi connectivity index (χ0n) is 13.0. The molecule has 0 radical (unpaired) electrons. The number of carbonyl (C=O) groups excluding carboxylic acids is 1. The van der Waals surface area contributed by atoms with Crippen molar-refractivity contribution >= 4 is 34.2 Å². The van der Waals surface area contributed by atoms with E-state index in [9.17, 15) is 4.79 Å². The highest BCUT2D eigenvalue weighted by atomic mass is 32.2. The fourth-order valence-corrected chi connectivity index (χ4v) is 4.00. The predicted octanol–water partition coefficient (Wildman–Crippen LogP) is 2.53. The van der Waals surface area contributed by atoms with Gasteiger partial charge in [-0.2, -0.15) is 0 Å². The van der Waals surface area contributed by atoms with Gasteiger partial charge in [-0.3, -0.25) is 4.79 Å². The second-order valence-electron chi connectivity index (χ2n) is 5.63. The lowest BCUT2D eigenvalue weighted by atomic mass is 10.2. The van der Waals surface area contributed by atoms with Gasteiger partial charge in [-0.15, -0.1) is 0 Å². The van der Waals surface area contributed by atoms with E-state index in [4.69, 9.17) is 21.7 Å². The summed E-state index contributed by atoms with van der Waals surface area (Å²) < 4.78 is 11.4. The summed E-state index contributed by atoms with van der Waals surface area (Å²) in [7, 11) is 0. The van der Waals surface area contributed by atoms with E-state index in [1.807, 2.05) is 25.1 Å². The minimum absolute atomic E-state index is 0.00536. The van der Waals surface area contributed by atoms with E-state index in [0.717, 1.165) is 34.5 Å². The number of thioether (sulfide) groups is 1. The number of hydrogen-bond acceptors (Lipinski definition) is 5. The molecule has 0 aliphatic carbocycles. The topological polar surface area (TPSA) is 50.8 Å². The first-order valence-corrected chi connectivity index (χ1v) is 9.04. The van der Waals surface area contributed by atoms with Gasteiger partial charge in [0.2, 0.25) is 12.7 Å². The van der Waals surface area contributed by atoms with E-state index >= 15 is 0 Å². The Balaban J connectivity index is 1.47. The van der Waals surface area contributed by atoms with Crippen molar-refractivity contribution in [3.63, 3.8) is 0 Å². The van der Waals surface area contributed by atoms with Crippen LogP contribution in [0.2, 0.25) is 0 Å². The maximum absolute atomic E-state index is 12.2. The Morgan fingerprint density at radius 1 is 1.35 bits per heavy atom. The maximum Gasteiger partial charge on any atom is 0.233 e. The molecular weight excluding hydrogens is 332 g/mol. The molecule has 1 amide bonds. The third kappa shape index (κ3) is 4.09. The fraction of sp³-hybridized carbons (Fsp3) is 0.500. The summed E-state index contributed by atoms with van der Waals surface area (Å²) >= 11 is 6.88. The normalized spacial score (nSPS) is 17.2. The highest BCUT2D eigenvalue weighted by Crippen LogP contribution is 2.32. The number of rotatable bonds is 4. The molecule has 124 valence electrons. The van der Waals surface area contributed by atoms with Gasteiger partial charge in [-0.25, -0.2) is 0 Å². The van der Waals surface area contributed by atoms with Crippen LogP contribution < -0.4 is 14.8 Å². The fourth-order valence-electron chi connectivity index (χ4n) is 2.56. The summed E-state index contributed by atoms with van der Waals surface area (Å²) in [6.45, 7) is 4.64. The minimum atomic E-state index is -0.197. The van der Waals surface area contributed by atoms with Crippen LogP contribution in [-0.4, -0.2) is 40.3 Å². The second kappa shape index (κ2) is 7.40. The molecule has 0 aromatic heterocycles. The van der Waals surface area contributed by atoms with Gasteiger partial charge in [0.1, 0.15) is 4.32 Å². The predicted molar refractivity (Wildman–Crippen MR) is 94.9 cm³/mol. The molecule has 0 unspecified atom stereocenters. The van der Waals surface area contributed by atoms with Gasteiger partial charge < -0.3 is 19.7 Å². The largest absolute Gasteiger partial charge is 0.454 e. The second-order valence-corrected chi connectivity index (χ2v) is 7.60.